The maximum Gasteiger partial charge on any atom is 0.344 e. The molecule has 0 heterocycles. The molecular formula is C17H22N2O5. The number of carbonyl (C=O) groups is 2. The van der Waals surface area contributed by atoms with E-state index in [4.69, 9.17) is 19.5 Å². The van der Waals surface area contributed by atoms with Crippen molar-refractivity contribution in [2.75, 3.05) is 26.8 Å². The first-order valence-electron chi connectivity index (χ1n) is 7.65. The van der Waals surface area contributed by atoms with E-state index in [1.807, 2.05) is 13.0 Å². The molecular weight excluding hydrogens is 312 g/mol. The number of nitriles is 1. The zero-order valence-electron chi connectivity index (χ0n) is 14.2. The molecule has 1 rings (SSSR count). The van der Waals surface area contributed by atoms with Crippen LogP contribution in [0.2, 0.25) is 0 Å². The van der Waals surface area contributed by atoms with Gasteiger partial charge in [-0.2, -0.15) is 5.26 Å². The fraction of sp³-hybridized carbons (Fsp3) is 0.471. The zero-order valence-corrected chi connectivity index (χ0v) is 14.2. The van der Waals surface area contributed by atoms with Gasteiger partial charge in [0.15, 0.2) is 12.7 Å². The normalized spacial score (nSPS) is 11.1. The van der Waals surface area contributed by atoms with Gasteiger partial charge in [-0.3, -0.25) is 4.79 Å². The lowest BCUT2D eigenvalue weighted by atomic mass is 10.3. The quantitative estimate of drug-likeness (QED) is 0.639. The average Bonchev–Trinajstić information content (AvgIpc) is 2.58. The van der Waals surface area contributed by atoms with Gasteiger partial charge in [-0.05, 0) is 38.1 Å². The van der Waals surface area contributed by atoms with Crippen LogP contribution in [0.15, 0.2) is 24.3 Å². The molecule has 130 valence electrons. The number of benzene rings is 1. The Labute approximate surface area is 141 Å². The zero-order chi connectivity index (χ0) is 17.9. The van der Waals surface area contributed by atoms with Gasteiger partial charge in [-0.15, -0.1) is 0 Å². The lowest BCUT2D eigenvalue weighted by Gasteiger charge is -2.20. The van der Waals surface area contributed by atoms with Crippen LogP contribution in [0.25, 0.3) is 0 Å². The second-order valence-corrected chi connectivity index (χ2v) is 4.99. The van der Waals surface area contributed by atoms with Crippen molar-refractivity contribution in [1.29, 1.82) is 5.26 Å². The summed E-state index contributed by atoms with van der Waals surface area (Å²) in [6, 6.07) is 8.79. The smallest absolute Gasteiger partial charge is 0.344 e. The Kier molecular flexibility index (Phi) is 8.13. The molecule has 7 heteroatoms. The van der Waals surface area contributed by atoms with Crippen molar-refractivity contribution >= 4 is 11.9 Å². The molecule has 1 aromatic carbocycles. The van der Waals surface area contributed by atoms with E-state index < -0.39 is 12.1 Å². The predicted octanol–water partition coefficient (Wildman–Crippen LogP) is 1.77. The van der Waals surface area contributed by atoms with Gasteiger partial charge >= 0.3 is 5.97 Å². The third-order valence-electron chi connectivity index (χ3n) is 3.08. The van der Waals surface area contributed by atoms with E-state index in [0.717, 1.165) is 0 Å². The second-order valence-electron chi connectivity index (χ2n) is 4.99. The molecule has 0 bridgehead atoms. The van der Waals surface area contributed by atoms with E-state index in [1.165, 1.54) is 11.8 Å². The van der Waals surface area contributed by atoms with Crippen LogP contribution in [-0.4, -0.2) is 49.7 Å². The molecule has 0 N–H and O–H groups in total. The van der Waals surface area contributed by atoms with E-state index >= 15 is 0 Å². The summed E-state index contributed by atoms with van der Waals surface area (Å²) < 4.78 is 15.6. The first kappa shape index (κ1) is 19.3. The van der Waals surface area contributed by atoms with Crippen LogP contribution in [0.5, 0.6) is 11.5 Å². The molecule has 0 radical (unpaired) electrons. The predicted molar refractivity (Wildman–Crippen MR) is 86.5 cm³/mol. The van der Waals surface area contributed by atoms with Gasteiger partial charge in [-0.1, -0.05) is 0 Å². The number of nitrogens with zero attached hydrogens (tertiary/aromatic N) is 2. The van der Waals surface area contributed by atoms with E-state index in [-0.39, 0.29) is 18.9 Å². The van der Waals surface area contributed by atoms with Gasteiger partial charge in [-0.25, -0.2) is 4.79 Å². The molecule has 1 atom stereocenters. The third kappa shape index (κ3) is 6.57. The van der Waals surface area contributed by atoms with Crippen molar-refractivity contribution in [2.24, 2.45) is 0 Å². The van der Waals surface area contributed by atoms with Crippen molar-refractivity contribution in [3.05, 3.63) is 24.3 Å². The van der Waals surface area contributed by atoms with Crippen LogP contribution < -0.4 is 9.47 Å². The molecule has 0 aliphatic carbocycles. The molecule has 0 aromatic heterocycles. The molecule has 1 amide bonds. The Balaban J connectivity index is 2.39. The minimum absolute atomic E-state index is 0.226. The molecule has 0 unspecified atom stereocenters. The fourth-order valence-electron chi connectivity index (χ4n) is 1.86. The average molecular weight is 334 g/mol. The Morgan fingerprint density at radius 3 is 2.33 bits per heavy atom. The minimum atomic E-state index is -0.926. The number of esters is 1. The summed E-state index contributed by atoms with van der Waals surface area (Å²) in [6.45, 7) is 3.94. The Morgan fingerprint density at radius 2 is 1.79 bits per heavy atom. The van der Waals surface area contributed by atoms with Crippen molar-refractivity contribution in [3.63, 3.8) is 0 Å². The van der Waals surface area contributed by atoms with Crippen LogP contribution in [0.1, 0.15) is 20.3 Å². The highest BCUT2D eigenvalue weighted by Gasteiger charge is 2.21. The van der Waals surface area contributed by atoms with E-state index in [1.54, 1.807) is 31.3 Å². The van der Waals surface area contributed by atoms with E-state index in [9.17, 15) is 9.59 Å². The maximum atomic E-state index is 11.9. The Hall–Kier alpha value is -2.75. The molecule has 0 saturated carbocycles. The topological polar surface area (TPSA) is 88.9 Å². The van der Waals surface area contributed by atoms with Gasteiger partial charge in [0, 0.05) is 13.6 Å². The standard InChI is InChI=1S/C17H22N2O5/c1-4-22-14-6-8-15(9-7-14)23-12-16(20)24-13(2)17(21)19(3)11-5-10-18/h6-9,13H,4-5,11-12H2,1-3H3/t13-/m1/s1. The number of hydrogen-bond donors (Lipinski definition) is 0. The van der Waals surface area contributed by atoms with Crippen LogP contribution >= 0.6 is 0 Å². The molecule has 0 spiro atoms. The van der Waals surface area contributed by atoms with Crippen molar-refractivity contribution in [1.82, 2.24) is 4.90 Å². The number of rotatable bonds is 9. The second kappa shape index (κ2) is 10.1. The largest absolute Gasteiger partial charge is 0.494 e. The Morgan fingerprint density at radius 1 is 1.21 bits per heavy atom. The van der Waals surface area contributed by atoms with Gasteiger partial charge < -0.3 is 19.1 Å². The number of likely N-dealkylation sites (N-methyl/N-ethyl adjacent to an activating group) is 1. The van der Waals surface area contributed by atoms with E-state index in [0.29, 0.717) is 24.7 Å². The summed E-state index contributed by atoms with van der Waals surface area (Å²) in [6.07, 6.45) is -0.700. The third-order valence-corrected chi connectivity index (χ3v) is 3.08. The highest BCUT2D eigenvalue weighted by molar-refractivity contribution is 5.83. The van der Waals surface area contributed by atoms with Gasteiger partial charge in [0.05, 0.1) is 19.1 Å². The first-order valence-corrected chi connectivity index (χ1v) is 7.65. The summed E-state index contributed by atoms with van der Waals surface area (Å²) >= 11 is 0. The first-order chi connectivity index (χ1) is 11.5. The molecule has 0 aliphatic rings. The Bertz CT molecular complexity index is 580. The lowest BCUT2D eigenvalue weighted by molar-refractivity contribution is -0.160. The number of ether oxygens (including phenoxy) is 3. The SMILES string of the molecule is CCOc1ccc(OCC(=O)O[C@H](C)C(=O)N(C)CCC#N)cc1. The summed E-state index contributed by atoms with van der Waals surface area (Å²) in [5.74, 6) is 0.214. The van der Waals surface area contributed by atoms with Crippen LogP contribution in [0, 0.1) is 11.3 Å². The molecule has 0 aliphatic heterocycles. The highest BCUT2D eigenvalue weighted by Crippen LogP contribution is 2.17. The monoisotopic (exact) mass is 334 g/mol. The van der Waals surface area contributed by atoms with Crippen molar-refractivity contribution in [2.45, 2.75) is 26.4 Å². The fourth-order valence-corrected chi connectivity index (χ4v) is 1.86. The highest BCUT2D eigenvalue weighted by atomic mass is 16.6. The van der Waals surface area contributed by atoms with Gasteiger partial charge in [0.1, 0.15) is 11.5 Å². The molecule has 1 aromatic rings. The lowest BCUT2D eigenvalue weighted by Crippen LogP contribution is -2.38. The van der Waals surface area contributed by atoms with E-state index in [2.05, 4.69) is 0 Å². The molecule has 0 saturated heterocycles. The number of amides is 1. The summed E-state index contributed by atoms with van der Waals surface area (Å²) in [5.41, 5.74) is 0. The molecule has 24 heavy (non-hydrogen) atoms. The van der Waals surface area contributed by atoms with Gasteiger partial charge in [0.2, 0.25) is 0 Å². The maximum absolute atomic E-state index is 11.9. The number of hydrogen-bond acceptors (Lipinski definition) is 6. The summed E-state index contributed by atoms with van der Waals surface area (Å²) in [5, 5.41) is 8.51. The minimum Gasteiger partial charge on any atom is -0.494 e. The number of carbonyl (C=O) groups excluding carboxylic acids is 2. The summed E-state index contributed by atoms with van der Waals surface area (Å²) in [4.78, 5) is 25.0. The van der Waals surface area contributed by atoms with Crippen LogP contribution in [0.4, 0.5) is 0 Å². The van der Waals surface area contributed by atoms with Crippen molar-refractivity contribution < 1.29 is 23.8 Å². The summed E-state index contributed by atoms with van der Waals surface area (Å²) in [7, 11) is 1.56. The van der Waals surface area contributed by atoms with Crippen LogP contribution in [0.3, 0.4) is 0 Å². The van der Waals surface area contributed by atoms with Gasteiger partial charge in [0.25, 0.3) is 5.91 Å². The molecule has 7 nitrogen and oxygen atoms in total. The molecule has 0 fully saturated rings. The van der Waals surface area contributed by atoms with Crippen LogP contribution in [-0.2, 0) is 14.3 Å². The van der Waals surface area contributed by atoms with Crippen molar-refractivity contribution in [3.8, 4) is 17.6 Å².